The highest BCUT2D eigenvalue weighted by Gasteiger charge is 2.41. The van der Waals surface area contributed by atoms with Crippen LogP contribution < -0.4 is 14.8 Å². The van der Waals surface area contributed by atoms with E-state index in [2.05, 4.69) is 39.6 Å². The number of halogens is 1. The first-order valence-electron chi connectivity index (χ1n) is 10.9. The van der Waals surface area contributed by atoms with Gasteiger partial charge in [0.1, 0.15) is 0 Å². The average Bonchev–Trinajstić information content (AvgIpc) is 3.44. The number of hydrazone groups is 1. The molecule has 2 aromatic carbocycles. The number of anilines is 3. The quantitative estimate of drug-likeness (QED) is 0.415. The summed E-state index contributed by atoms with van der Waals surface area (Å²) in [6, 6.07) is 20.3. The molecule has 0 bridgehead atoms. The second kappa shape index (κ2) is 9.18. The highest BCUT2D eigenvalue weighted by molar-refractivity contribution is 14.1. The molecule has 1 atom stereocenters. The topological polar surface area (TPSA) is 61.5 Å². The number of ether oxygens (including phenoxy) is 1. The van der Waals surface area contributed by atoms with Crippen LogP contribution in [0.2, 0.25) is 0 Å². The van der Waals surface area contributed by atoms with Crippen molar-refractivity contribution in [2.45, 2.75) is 20.0 Å². The van der Waals surface area contributed by atoms with E-state index in [0.29, 0.717) is 5.84 Å². The normalized spacial score (nSPS) is 18.6. The lowest BCUT2D eigenvalue weighted by Crippen LogP contribution is -2.38. The minimum Gasteiger partial charge on any atom is -0.451 e. The van der Waals surface area contributed by atoms with E-state index in [4.69, 9.17) is 14.3 Å². The van der Waals surface area contributed by atoms with Crippen LogP contribution in [0.15, 0.2) is 70.2 Å². The van der Waals surface area contributed by atoms with Gasteiger partial charge in [-0.2, -0.15) is 0 Å². The zero-order valence-electron chi connectivity index (χ0n) is 18.6. The third-order valence-corrected chi connectivity index (χ3v) is 6.45. The van der Waals surface area contributed by atoms with Crippen molar-refractivity contribution in [3.63, 3.8) is 0 Å². The number of Topliss-reactive ketones (excluding diaryl/α,β-unsaturated/α-hetero) is 1. The highest BCUT2D eigenvalue weighted by Crippen LogP contribution is 2.40. The van der Waals surface area contributed by atoms with Gasteiger partial charge in [-0.3, -0.25) is 9.69 Å². The third-order valence-electron chi connectivity index (χ3n) is 5.87. The van der Waals surface area contributed by atoms with Crippen molar-refractivity contribution < 1.29 is 13.9 Å². The number of hydrogen-bond acceptors (Lipinski definition) is 7. The highest BCUT2D eigenvalue weighted by atomic mass is 127. The first-order chi connectivity index (χ1) is 16.0. The Morgan fingerprint density at radius 3 is 2.18 bits per heavy atom. The second-order valence-electron chi connectivity index (χ2n) is 8.16. The molecule has 0 N–H and O–H groups in total. The number of furan rings is 1. The molecule has 2 aliphatic heterocycles. The minimum atomic E-state index is -0.413. The van der Waals surface area contributed by atoms with Crippen LogP contribution in [-0.2, 0) is 9.53 Å². The Kier molecular flexibility index (Phi) is 6.11. The van der Waals surface area contributed by atoms with Crippen LogP contribution in [0.4, 0.5) is 17.1 Å². The van der Waals surface area contributed by atoms with Gasteiger partial charge in [0.25, 0.3) is 0 Å². The molecule has 0 spiro atoms. The van der Waals surface area contributed by atoms with Crippen LogP contribution in [0.1, 0.15) is 24.4 Å². The van der Waals surface area contributed by atoms with Crippen molar-refractivity contribution in [2.75, 3.05) is 41.1 Å². The van der Waals surface area contributed by atoms with Crippen LogP contribution in [0.5, 0.6) is 0 Å². The van der Waals surface area contributed by atoms with E-state index in [9.17, 15) is 4.79 Å². The predicted molar refractivity (Wildman–Crippen MR) is 138 cm³/mol. The molecule has 3 heterocycles. The van der Waals surface area contributed by atoms with E-state index in [0.717, 1.165) is 58.5 Å². The van der Waals surface area contributed by atoms with Gasteiger partial charge in [-0.25, -0.2) is 5.01 Å². The summed E-state index contributed by atoms with van der Waals surface area (Å²) in [5.74, 6) is 0.997. The summed E-state index contributed by atoms with van der Waals surface area (Å²) in [7, 11) is 0. The maximum Gasteiger partial charge on any atom is 0.198 e. The Morgan fingerprint density at radius 2 is 1.58 bits per heavy atom. The van der Waals surface area contributed by atoms with Gasteiger partial charge in [0.05, 0.1) is 18.9 Å². The Morgan fingerprint density at radius 1 is 0.939 bits per heavy atom. The number of nitrogens with zero attached hydrogens (tertiary/aromatic N) is 4. The lowest BCUT2D eigenvalue weighted by molar-refractivity contribution is -0.111. The molecule has 0 radical (unpaired) electrons. The molecule has 0 unspecified atom stereocenters. The van der Waals surface area contributed by atoms with Crippen LogP contribution >= 0.6 is 22.6 Å². The van der Waals surface area contributed by atoms with Crippen molar-refractivity contribution in [1.29, 1.82) is 0 Å². The molecule has 0 aliphatic carbocycles. The third kappa shape index (κ3) is 4.37. The van der Waals surface area contributed by atoms with E-state index in [1.54, 1.807) is 6.92 Å². The number of benzene rings is 2. The van der Waals surface area contributed by atoms with E-state index >= 15 is 0 Å². The van der Waals surface area contributed by atoms with E-state index in [1.807, 2.05) is 65.4 Å². The number of aryl methyl sites for hydroxylation is 1. The SMILES string of the molecule is CC(=O)C1=NN(c2ccc(C)cc2)[C@H](c2ccc(I)o2)N1c1ccc(N2CCOCC2)cc1. The zero-order chi connectivity index (χ0) is 22.9. The molecular weight excluding hydrogens is 531 g/mol. The van der Waals surface area contributed by atoms with Crippen LogP contribution in [0, 0.1) is 10.7 Å². The molecule has 1 saturated heterocycles. The van der Waals surface area contributed by atoms with Gasteiger partial charge in [0, 0.05) is 31.4 Å². The average molecular weight is 556 g/mol. The molecule has 1 aromatic heterocycles. The molecule has 170 valence electrons. The molecule has 7 nitrogen and oxygen atoms in total. The van der Waals surface area contributed by atoms with E-state index < -0.39 is 6.17 Å². The number of ketones is 1. The van der Waals surface area contributed by atoms with Gasteiger partial charge in [0.15, 0.2) is 27.3 Å². The summed E-state index contributed by atoms with van der Waals surface area (Å²) in [6.07, 6.45) is -0.413. The monoisotopic (exact) mass is 556 g/mol. The number of carbonyl (C=O) groups is 1. The number of hydrogen-bond donors (Lipinski definition) is 0. The van der Waals surface area contributed by atoms with Crippen LogP contribution in [0.3, 0.4) is 0 Å². The summed E-state index contributed by atoms with van der Waals surface area (Å²) in [6.45, 7) is 6.82. The maximum atomic E-state index is 12.7. The van der Waals surface area contributed by atoms with E-state index in [1.165, 1.54) is 0 Å². The fourth-order valence-electron chi connectivity index (χ4n) is 4.19. The first kappa shape index (κ1) is 22.0. The fourth-order valence-corrected chi connectivity index (χ4v) is 4.62. The lowest BCUT2D eigenvalue weighted by atomic mass is 10.1. The Labute approximate surface area is 206 Å². The molecule has 0 saturated carbocycles. The largest absolute Gasteiger partial charge is 0.451 e. The summed E-state index contributed by atoms with van der Waals surface area (Å²) in [5.41, 5.74) is 4.07. The standard InChI is InChI=1S/C25H25IN4O3/c1-17-3-5-21(6-4-17)30-25(22-11-12-23(26)33-22)29(24(27-30)18(2)31)20-9-7-19(8-10-20)28-13-15-32-16-14-28/h3-12,25H,13-16H2,1-2H3/t25-/m1/s1. The first-order valence-corrected chi connectivity index (χ1v) is 12.0. The van der Waals surface area contributed by atoms with Gasteiger partial charge < -0.3 is 14.1 Å². The molecule has 3 aromatic rings. The molecule has 8 heteroatoms. The predicted octanol–water partition coefficient (Wildman–Crippen LogP) is 4.96. The Bertz CT molecular complexity index is 1170. The number of morpholine rings is 1. The van der Waals surface area contributed by atoms with Gasteiger partial charge in [-0.05, 0) is 78.0 Å². The smallest absolute Gasteiger partial charge is 0.198 e. The second-order valence-corrected chi connectivity index (χ2v) is 9.22. The number of amidine groups is 1. The van der Waals surface area contributed by atoms with Crippen LogP contribution in [0.25, 0.3) is 0 Å². The van der Waals surface area contributed by atoms with Gasteiger partial charge in [-0.15, -0.1) is 5.10 Å². The van der Waals surface area contributed by atoms with Crippen molar-refractivity contribution in [1.82, 2.24) is 0 Å². The van der Waals surface area contributed by atoms with Gasteiger partial charge >= 0.3 is 0 Å². The molecule has 33 heavy (non-hydrogen) atoms. The van der Waals surface area contributed by atoms with Crippen molar-refractivity contribution in [3.8, 4) is 0 Å². The minimum absolute atomic E-state index is 0.104. The molecule has 2 aliphatic rings. The van der Waals surface area contributed by atoms with Gasteiger partial charge in [-0.1, -0.05) is 17.7 Å². The fraction of sp³-hybridized carbons (Fsp3) is 0.280. The van der Waals surface area contributed by atoms with Gasteiger partial charge in [0.2, 0.25) is 0 Å². The molecule has 1 fully saturated rings. The maximum absolute atomic E-state index is 12.7. The molecule has 0 amide bonds. The molecular formula is C25H25IN4O3. The zero-order valence-corrected chi connectivity index (χ0v) is 20.7. The Hall–Kier alpha value is -2.85. The number of carbonyl (C=O) groups excluding carboxylic acids is 1. The number of rotatable bonds is 5. The van der Waals surface area contributed by atoms with E-state index in [-0.39, 0.29) is 5.78 Å². The summed E-state index contributed by atoms with van der Waals surface area (Å²) >= 11 is 2.16. The summed E-state index contributed by atoms with van der Waals surface area (Å²) in [5, 5.41) is 6.62. The van der Waals surface area contributed by atoms with Crippen molar-refractivity contribution >= 4 is 51.3 Å². The van der Waals surface area contributed by atoms with Crippen molar-refractivity contribution in [2.24, 2.45) is 5.10 Å². The Balaban J connectivity index is 1.56. The molecule has 5 rings (SSSR count). The van der Waals surface area contributed by atoms with Crippen LogP contribution in [-0.4, -0.2) is 37.9 Å². The summed E-state index contributed by atoms with van der Waals surface area (Å²) in [4.78, 5) is 17.0. The summed E-state index contributed by atoms with van der Waals surface area (Å²) < 4.78 is 12.3. The van der Waals surface area contributed by atoms with Crippen molar-refractivity contribution in [3.05, 3.63) is 75.8 Å². The lowest BCUT2D eigenvalue weighted by Gasteiger charge is -2.31.